The van der Waals surface area contributed by atoms with Crippen molar-refractivity contribution in [3.05, 3.63) is 72.1 Å². The van der Waals surface area contributed by atoms with Crippen molar-refractivity contribution in [1.29, 1.82) is 0 Å². The highest BCUT2D eigenvalue weighted by Crippen LogP contribution is 2.19. The molecule has 6 nitrogen and oxygen atoms in total. The van der Waals surface area contributed by atoms with Crippen molar-refractivity contribution < 1.29 is 9.90 Å². The maximum Gasteiger partial charge on any atom is 0.320 e. The van der Waals surface area contributed by atoms with E-state index < -0.39 is 12.0 Å². The number of nitrogens with two attached hydrogens (primary N) is 2. The zero-order chi connectivity index (χ0) is 19.2. The summed E-state index contributed by atoms with van der Waals surface area (Å²) in [5, 5.41) is 11.0. The maximum atomic E-state index is 10.6. The van der Waals surface area contributed by atoms with Gasteiger partial charge in [-0.2, -0.15) is 0 Å². The van der Waals surface area contributed by atoms with E-state index in [1.54, 1.807) is 0 Å². The molecule has 0 saturated heterocycles. The van der Waals surface area contributed by atoms with Crippen LogP contribution in [0.5, 0.6) is 0 Å². The molecule has 0 amide bonds. The quantitative estimate of drug-likeness (QED) is 0.374. The number of benzene rings is 2. The molecule has 1 atom stereocenters. The maximum absolute atomic E-state index is 10.6. The highest BCUT2D eigenvalue weighted by Gasteiger charge is 2.14. The van der Waals surface area contributed by atoms with Gasteiger partial charge in [-0.1, -0.05) is 36.4 Å². The Bertz CT molecular complexity index is 1030. The van der Waals surface area contributed by atoms with Crippen molar-refractivity contribution in [2.75, 3.05) is 6.54 Å². The lowest BCUT2D eigenvalue weighted by molar-refractivity contribution is -0.138. The van der Waals surface area contributed by atoms with Crippen molar-refractivity contribution in [3.63, 3.8) is 0 Å². The Morgan fingerprint density at radius 2 is 1.44 bits per heavy atom. The van der Waals surface area contributed by atoms with Crippen LogP contribution in [0.1, 0.15) is 11.1 Å². The number of hydrogen-bond donors (Lipinski definition) is 5. The summed E-state index contributed by atoms with van der Waals surface area (Å²) in [4.78, 5) is 16.9. The molecule has 2 aromatic carbocycles. The largest absolute Gasteiger partial charge is 0.480 e. The Morgan fingerprint density at radius 3 is 2.00 bits per heavy atom. The van der Waals surface area contributed by atoms with E-state index in [0.717, 1.165) is 22.9 Å². The summed E-state index contributed by atoms with van der Waals surface area (Å²) in [7, 11) is 0. The molecule has 1 unspecified atom stereocenters. The van der Waals surface area contributed by atoms with Gasteiger partial charge in [0.15, 0.2) is 0 Å². The van der Waals surface area contributed by atoms with Crippen LogP contribution in [0.15, 0.2) is 60.9 Å². The van der Waals surface area contributed by atoms with Crippen molar-refractivity contribution in [1.82, 2.24) is 9.97 Å². The summed E-state index contributed by atoms with van der Waals surface area (Å²) in [6.07, 6.45) is 5.15. The zero-order valence-electron chi connectivity index (χ0n) is 15.0. The summed E-state index contributed by atoms with van der Waals surface area (Å²) >= 11 is 0. The Hall–Kier alpha value is -3.09. The van der Waals surface area contributed by atoms with Crippen LogP contribution >= 0.6 is 0 Å². The van der Waals surface area contributed by atoms with E-state index in [9.17, 15) is 4.79 Å². The van der Waals surface area contributed by atoms with Crippen LogP contribution in [0, 0.1) is 0 Å². The smallest absolute Gasteiger partial charge is 0.320 e. The van der Waals surface area contributed by atoms with Crippen LogP contribution in [0.4, 0.5) is 0 Å². The number of carboxylic acids is 1. The molecule has 0 fully saturated rings. The van der Waals surface area contributed by atoms with E-state index >= 15 is 0 Å². The first-order valence-electron chi connectivity index (χ1n) is 8.88. The Balaban J connectivity index is 0.000000159. The first kappa shape index (κ1) is 18.7. The third kappa shape index (κ3) is 4.36. The molecular formula is C21H24N4O2. The highest BCUT2D eigenvalue weighted by atomic mass is 16.4. The number of hydrogen-bond acceptors (Lipinski definition) is 3. The third-order valence-electron chi connectivity index (χ3n) is 4.52. The molecule has 7 N–H and O–H groups in total. The zero-order valence-corrected chi connectivity index (χ0v) is 15.0. The van der Waals surface area contributed by atoms with Crippen molar-refractivity contribution in [2.45, 2.75) is 18.9 Å². The van der Waals surface area contributed by atoms with Crippen LogP contribution < -0.4 is 11.5 Å². The molecule has 140 valence electrons. The molecule has 27 heavy (non-hydrogen) atoms. The van der Waals surface area contributed by atoms with Crippen molar-refractivity contribution in [2.24, 2.45) is 11.5 Å². The average Bonchev–Trinajstić information content (AvgIpc) is 3.27. The normalized spacial score (nSPS) is 11.9. The van der Waals surface area contributed by atoms with Crippen molar-refractivity contribution in [3.8, 4) is 0 Å². The number of carboxylic acid groups (broad SMARTS) is 1. The number of carbonyl (C=O) groups is 1. The minimum atomic E-state index is -0.972. The summed E-state index contributed by atoms with van der Waals surface area (Å²) in [5.74, 6) is -0.972. The lowest BCUT2D eigenvalue weighted by atomic mass is 10.1. The number of aromatic nitrogens is 2. The number of fused-ring (bicyclic) bond motifs is 2. The molecule has 4 rings (SSSR count). The highest BCUT2D eigenvalue weighted by molar-refractivity contribution is 5.84. The van der Waals surface area contributed by atoms with Crippen LogP contribution in [-0.2, 0) is 17.6 Å². The van der Waals surface area contributed by atoms with Gasteiger partial charge in [0.05, 0.1) is 0 Å². The average molecular weight is 364 g/mol. The monoisotopic (exact) mass is 364 g/mol. The number of aliphatic carboxylic acids is 1. The topological polar surface area (TPSA) is 121 Å². The second-order valence-corrected chi connectivity index (χ2v) is 6.41. The van der Waals surface area contributed by atoms with E-state index in [-0.39, 0.29) is 0 Å². The molecule has 0 saturated carbocycles. The van der Waals surface area contributed by atoms with Gasteiger partial charge in [-0.3, -0.25) is 4.79 Å². The molecule has 0 bridgehead atoms. The van der Waals surface area contributed by atoms with Gasteiger partial charge < -0.3 is 26.5 Å². The first-order chi connectivity index (χ1) is 13.1. The predicted octanol–water partition coefficient (Wildman–Crippen LogP) is 2.79. The van der Waals surface area contributed by atoms with Crippen LogP contribution in [-0.4, -0.2) is 33.6 Å². The molecule has 2 heterocycles. The second-order valence-electron chi connectivity index (χ2n) is 6.41. The summed E-state index contributed by atoms with van der Waals surface area (Å²) in [6.45, 7) is 0.710. The van der Waals surface area contributed by atoms with Gasteiger partial charge in [-0.05, 0) is 36.2 Å². The fourth-order valence-corrected chi connectivity index (χ4v) is 3.12. The SMILES string of the molecule is NC(Cc1c[nH]c2ccccc12)C(=O)O.NCCc1c[nH]c2ccccc12. The molecular weight excluding hydrogens is 340 g/mol. The lowest BCUT2D eigenvalue weighted by Gasteiger charge is -2.04. The molecule has 4 aromatic rings. The second kappa shape index (κ2) is 8.53. The van der Waals surface area contributed by atoms with Gasteiger partial charge in [-0.25, -0.2) is 0 Å². The van der Waals surface area contributed by atoms with Crippen LogP contribution in [0.2, 0.25) is 0 Å². The van der Waals surface area contributed by atoms with Gasteiger partial charge in [0.2, 0.25) is 0 Å². The minimum absolute atomic E-state index is 0.347. The molecule has 2 aromatic heterocycles. The van der Waals surface area contributed by atoms with Gasteiger partial charge in [0.1, 0.15) is 6.04 Å². The van der Waals surface area contributed by atoms with Crippen LogP contribution in [0.25, 0.3) is 21.8 Å². The Labute approximate surface area is 157 Å². The van der Waals surface area contributed by atoms with E-state index in [1.165, 1.54) is 16.5 Å². The molecule has 0 aliphatic heterocycles. The molecule has 0 radical (unpaired) electrons. The summed E-state index contributed by atoms with van der Waals surface area (Å²) in [6, 6.07) is 15.2. The molecule has 0 aliphatic rings. The van der Waals surface area contributed by atoms with Gasteiger partial charge >= 0.3 is 5.97 Å². The number of H-pyrrole nitrogens is 2. The van der Waals surface area contributed by atoms with E-state index in [2.05, 4.69) is 28.2 Å². The number of nitrogens with one attached hydrogen (secondary N) is 2. The Morgan fingerprint density at radius 1 is 0.926 bits per heavy atom. The molecule has 0 spiro atoms. The summed E-state index contributed by atoms with van der Waals surface area (Å²) in [5.41, 5.74) is 15.4. The number of aromatic amines is 2. The fourth-order valence-electron chi connectivity index (χ4n) is 3.12. The van der Waals surface area contributed by atoms with E-state index in [1.807, 2.05) is 42.7 Å². The van der Waals surface area contributed by atoms with E-state index in [4.69, 9.17) is 16.6 Å². The van der Waals surface area contributed by atoms with Crippen molar-refractivity contribution >= 4 is 27.8 Å². The Kier molecular flexibility index (Phi) is 5.90. The summed E-state index contributed by atoms with van der Waals surface area (Å²) < 4.78 is 0. The lowest BCUT2D eigenvalue weighted by Crippen LogP contribution is -2.32. The predicted molar refractivity (Wildman–Crippen MR) is 109 cm³/mol. The molecule has 0 aliphatic carbocycles. The van der Waals surface area contributed by atoms with Gasteiger partial charge in [0, 0.05) is 40.6 Å². The van der Waals surface area contributed by atoms with Gasteiger partial charge in [0.25, 0.3) is 0 Å². The molecule has 6 heteroatoms. The standard InChI is InChI=1S/C11H12N2O2.C10H12N2/c12-9(11(14)15)5-7-6-13-10-4-2-1-3-8(7)10;11-6-5-8-7-12-10-4-2-1-3-9(8)10/h1-4,6,9,13H,5,12H2,(H,14,15);1-4,7,12H,5-6,11H2. The fraction of sp³-hybridized carbons (Fsp3) is 0.190. The number of para-hydroxylation sites is 2. The van der Waals surface area contributed by atoms with E-state index in [0.29, 0.717) is 13.0 Å². The number of rotatable bonds is 5. The van der Waals surface area contributed by atoms with Crippen LogP contribution in [0.3, 0.4) is 0 Å². The third-order valence-corrected chi connectivity index (χ3v) is 4.52. The first-order valence-corrected chi connectivity index (χ1v) is 8.88. The minimum Gasteiger partial charge on any atom is -0.480 e. The van der Waals surface area contributed by atoms with Gasteiger partial charge in [-0.15, -0.1) is 0 Å².